The average molecular weight is 178 g/mol. The normalized spacial score (nSPS) is 6.00. The predicted molar refractivity (Wildman–Crippen MR) is 56.5 cm³/mol. The summed E-state index contributed by atoms with van der Waals surface area (Å²) >= 11 is 0. The maximum Gasteiger partial charge on any atom is 0.143 e. The van der Waals surface area contributed by atoms with Crippen molar-refractivity contribution in [1.29, 1.82) is 0 Å². The molecule has 0 saturated heterocycles. The lowest BCUT2D eigenvalue weighted by Crippen LogP contribution is -1.57. The van der Waals surface area contributed by atoms with Crippen molar-refractivity contribution in [2.75, 3.05) is 0 Å². The van der Waals surface area contributed by atoms with Gasteiger partial charge in [-0.1, -0.05) is 18.4 Å². The zero-order valence-corrected chi connectivity index (χ0v) is 7.42. The Morgan fingerprint density at radius 2 is 1.43 bits per heavy atom. The van der Waals surface area contributed by atoms with Gasteiger partial charge in [0.1, 0.15) is 6.29 Å². The monoisotopic (exact) mass is 178 g/mol. The van der Waals surface area contributed by atoms with E-state index < -0.39 is 0 Å². The van der Waals surface area contributed by atoms with Crippen LogP contribution in [0.5, 0.6) is 0 Å². The van der Waals surface area contributed by atoms with Crippen molar-refractivity contribution in [3.8, 4) is 47.4 Å². The average Bonchev–Trinajstić information content (AvgIpc) is 2.21. The Kier molecular flexibility index (Phi) is 8.45. The minimum Gasteiger partial charge on any atom is -0.299 e. The Hall–Kier alpha value is -2.61. The maximum absolute atomic E-state index is 9.80. The molecule has 64 valence electrons. The van der Waals surface area contributed by atoms with Crippen molar-refractivity contribution in [3.05, 3.63) is 24.8 Å². The van der Waals surface area contributed by atoms with Crippen LogP contribution in [0.3, 0.4) is 0 Å². The van der Waals surface area contributed by atoms with E-state index in [1.165, 1.54) is 18.2 Å². The molecule has 0 bridgehead atoms. The van der Waals surface area contributed by atoms with Crippen molar-refractivity contribution in [2.24, 2.45) is 0 Å². The fourth-order valence-electron chi connectivity index (χ4n) is 0.377. The van der Waals surface area contributed by atoms with Crippen molar-refractivity contribution < 1.29 is 4.79 Å². The number of hydrogen-bond donors (Lipinski definition) is 0. The lowest BCUT2D eigenvalue weighted by Gasteiger charge is -1.59. The van der Waals surface area contributed by atoms with Gasteiger partial charge < -0.3 is 0 Å². The molecule has 0 fully saturated rings. The zero-order valence-electron chi connectivity index (χ0n) is 7.42. The molecular formula is C13H6O. The van der Waals surface area contributed by atoms with E-state index in [2.05, 4.69) is 53.9 Å². The minimum absolute atomic E-state index is 0.646. The molecule has 0 aliphatic heterocycles. The van der Waals surface area contributed by atoms with Gasteiger partial charge in [-0.25, -0.2) is 0 Å². The van der Waals surface area contributed by atoms with E-state index >= 15 is 0 Å². The summed E-state index contributed by atoms with van der Waals surface area (Å²) in [5.41, 5.74) is 0. The van der Waals surface area contributed by atoms with E-state index in [0.717, 1.165) is 0 Å². The molecule has 0 N–H and O–H groups in total. The highest BCUT2D eigenvalue weighted by Crippen LogP contribution is 1.62. The largest absolute Gasteiger partial charge is 0.299 e. The van der Waals surface area contributed by atoms with Gasteiger partial charge in [0.2, 0.25) is 0 Å². The molecular weight excluding hydrogens is 172 g/mol. The van der Waals surface area contributed by atoms with E-state index in [0.29, 0.717) is 6.29 Å². The second kappa shape index (κ2) is 10.4. The van der Waals surface area contributed by atoms with Crippen LogP contribution in [0.4, 0.5) is 0 Å². The summed E-state index contributed by atoms with van der Waals surface area (Å²) in [4.78, 5) is 9.80. The quantitative estimate of drug-likeness (QED) is 0.332. The van der Waals surface area contributed by atoms with Crippen LogP contribution in [0.1, 0.15) is 0 Å². The molecule has 0 rings (SSSR count). The first-order valence-corrected chi connectivity index (χ1v) is 3.64. The number of rotatable bonds is 1. The van der Waals surface area contributed by atoms with Gasteiger partial charge in [0.15, 0.2) is 0 Å². The van der Waals surface area contributed by atoms with E-state index in [1.54, 1.807) is 0 Å². The summed E-state index contributed by atoms with van der Waals surface area (Å²) in [6.07, 6.45) is 4.79. The number of carbonyl (C=O) groups is 1. The molecule has 0 aromatic heterocycles. The summed E-state index contributed by atoms with van der Waals surface area (Å²) in [5.74, 6) is 20.0. The molecule has 0 radical (unpaired) electrons. The Morgan fingerprint density at radius 1 is 0.857 bits per heavy atom. The molecule has 0 atom stereocenters. The second-order valence-electron chi connectivity index (χ2n) is 1.74. The van der Waals surface area contributed by atoms with Crippen LogP contribution in [0, 0.1) is 47.4 Å². The molecule has 0 amide bonds. The van der Waals surface area contributed by atoms with Gasteiger partial charge in [-0.05, 0) is 53.8 Å². The Morgan fingerprint density at radius 3 is 2.00 bits per heavy atom. The van der Waals surface area contributed by atoms with Crippen LogP contribution >= 0.6 is 0 Å². The molecule has 0 spiro atoms. The summed E-state index contributed by atoms with van der Waals surface area (Å²) in [6, 6.07) is 0. The summed E-state index contributed by atoms with van der Waals surface area (Å²) in [7, 11) is 0. The third-order valence-electron chi connectivity index (χ3n) is 0.817. The highest BCUT2D eigenvalue weighted by Gasteiger charge is 1.58. The molecule has 0 aliphatic carbocycles. The Bertz CT molecular complexity index is 462. The van der Waals surface area contributed by atoms with Crippen LogP contribution in [0.2, 0.25) is 0 Å². The zero-order chi connectivity index (χ0) is 10.5. The van der Waals surface area contributed by atoms with Gasteiger partial charge >= 0.3 is 0 Å². The molecule has 0 heterocycles. The van der Waals surface area contributed by atoms with Gasteiger partial charge in [0, 0.05) is 0 Å². The first-order chi connectivity index (χ1) is 6.91. The van der Waals surface area contributed by atoms with Crippen molar-refractivity contribution in [3.63, 3.8) is 0 Å². The topological polar surface area (TPSA) is 17.1 Å². The van der Waals surface area contributed by atoms with Crippen molar-refractivity contribution in [1.82, 2.24) is 0 Å². The van der Waals surface area contributed by atoms with Crippen molar-refractivity contribution in [2.45, 2.75) is 0 Å². The lowest BCUT2D eigenvalue weighted by molar-refractivity contribution is -0.104. The number of carbonyl (C=O) groups excluding carboxylic acids is 1. The minimum atomic E-state index is 0.646. The third-order valence-corrected chi connectivity index (χ3v) is 0.817. The molecule has 1 nitrogen and oxygen atoms in total. The number of allylic oxidation sites excluding steroid dienone is 3. The van der Waals surface area contributed by atoms with E-state index in [-0.39, 0.29) is 0 Å². The van der Waals surface area contributed by atoms with Gasteiger partial charge in [0.25, 0.3) is 0 Å². The van der Waals surface area contributed by atoms with Crippen LogP contribution in [-0.2, 0) is 4.79 Å². The highest BCUT2D eigenvalue weighted by molar-refractivity contribution is 5.65. The van der Waals surface area contributed by atoms with E-state index in [9.17, 15) is 4.79 Å². The predicted octanol–water partition coefficient (Wildman–Crippen LogP) is 0.941. The SMILES string of the molecule is C=CC#CC#CC#CC#CC=CC=O. The van der Waals surface area contributed by atoms with E-state index in [1.807, 2.05) is 0 Å². The highest BCUT2D eigenvalue weighted by atomic mass is 16.1. The Balaban J connectivity index is 4.08. The van der Waals surface area contributed by atoms with Crippen LogP contribution in [0.25, 0.3) is 0 Å². The Labute approximate surface area is 83.9 Å². The molecule has 14 heavy (non-hydrogen) atoms. The van der Waals surface area contributed by atoms with E-state index in [4.69, 9.17) is 0 Å². The van der Waals surface area contributed by atoms with Gasteiger partial charge in [0.05, 0.1) is 0 Å². The van der Waals surface area contributed by atoms with Crippen LogP contribution in [0.15, 0.2) is 24.8 Å². The van der Waals surface area contributed by atoms with Gasteiger partial charge in [-0.15, -0.1) is 0 Å². The van der Waals surface area contributed by atoms with Crippen molar-refractivity contribution >= 4 is 6.29 Å². The number of aldehydes is 1. The number of hydrogen-bond acceptors (Lipinski definition) is 1. The molecule has 0 aromatic rings. The van der Waals surface area contributed by atoms with Gasteiger partial charge in [-0.2, -0.15) is 0 Å². The van der Waals surface area contributed by atoms with Crippen LogP contribution < -0.4 is 0 Å². The lowest BCUT2D eigenvalue weighted by atomic mass is 10.4. The molecule has 0 aromatic carbocycles. The summed E-state index contributed by atoms with van der Waals surface area (Å²) < 4.78 is 0. The molecule has 0 unspecified atom stereocenters. The molecule has 1 heteroatoms. The third kappa shape index (κ3) is 9.39. The molecule has 0 aliphatic rings. The standard InChI is InChI=1S/C13H6O/c1-2-3-4-5-6-7-8-9-10-11-12-13-14/h2,11-13H,1H2. The maximum atomic E-state index is 9.80. The summed E-state index contributed by atoms with van der Waals surface area (Å²) in [5, 5.41) is 0. The first-order valence-electron chi connectivity index (χ1n) is 3.64. The first kappa shape index (κ1) is 11.4. The summed E-state index contributed by atoms with van der Waals surface area (Å²) in [6.45, 7) is 3.40. The fraction of sp³-hybridized carbons (Fsp3) is 0. The smallest absolute Gasteiger partial charge is 0.143 e. The molecule has 0 saturated carbocycles. The van der Waals surface area contributed by atoms with Crippen LogP contribution in [-0.4, -0.2) is 6.29 Å². The van der Waals surface area contributed by atoms with Gasteiger partial charge in [-0.3, -0.25) is 4.79 Å². The fourth-order valence-corrected chi connectivity index (χ4v) is 0.377. The second-order valence-corrected chi connectivity index (χ2v) is 1.74.